The summed E-state index contributed by atoms with van der Waals surface area (Å²) in [6.45, 7) is 5.07. The van der Waals surface area contributed by atoms with Crippen LogP contribution in [0.15, 0.2) is 53.9 Å². The number of carbonyl (C=O) groups excluding carboxylic acids is 1. The molecule has 2 aromatic carbocycles. The van der Waals surface area contributed by atoms with E-state index in [0.29, 0.717) is 30.5 Å². The summed E-state index contributed by atoms with van der Waals surface area (Å²) in [7, 11) is 0. The van der Waals surface area contributed by atoms with Gasteiger partial charge in [-0.15, -0.1) is 11.3 Å². The molecule has 0 aliphatic carbocycles. The molecule has 1 heterocycles. The highest BCUT2D eigenvalue weighted by molar-refractivity contribution is 7.13. The van der Waals surface area contributed by atoms with Crippen molar-refractivity contribution in [3.05, 3.63) is 71.0 Å². The molecule has 6 heteroatoms. The maximum atomic E-state index is 13.0. The first kappa shape index (κ1) is 19.0. The lowest BCUT2D eigenvalue weighted by molar-refractivity contribution is 0.0945. The van der Waals surface area contributed by atoms with Crippen LogP contribution in [0.25, 0.3) is 10.6 Å². The third-order valence-electron chi connectivity index (χ3n) is 3.81. The lowest BCUT2D eigenvalue weighted by Gasteiger charge is -2.07. The molecule has 0 fully saturated rings. The smallest absolute Gasteiger partial charge is 0.270 e. The van der Waals surface area contributed by atoms with Crippen LogP contribution in [0.2, 0.25) is 0 Å². The Kier molecular flexibility index (Phi) is 6.19. The van der Waals surface area contributed by atoms with Gasteiger partial charge in [0.2, 0.25) is 0 Å². The molecule has 0 saturated heterocycles. The van der Waals surface area contributed by atoms with Gasteiger partial charge in [-0.2, -0.15) is 0 Å². The van der Waals surface area contributed by atoms with Crippen LogP contribution in [0.4, 0.5) is 4.39 Å². The van der Waals surface area contributed by atoms with Crippen LogP contribution >= 0.6 is 11.3 Å². The standard InChI is InChI=1S/C21H21FN2O2S/c1-14(2)11-23-20(25)19-13-27-21(24-19)16-4-3-5-18(10-16)26-12-15-6-8-17(22)9-7-15/h3-10,13-14H,11-12H2,1-2H3,(H,23,25). The predicted octanol–water partition coefficient (Wildman–Crippen LogP) is 4.91. The van der Waals surface area contributed by atoms with Gasteiger partial charge in [-0.25, -0.2) is 9.37 Å². The monoisotopic (exact) mass is 384 g/mol. The number of thiazole rings is 1. The highest BCUT2D eigenvalue weighted by atomic mass is 32.1. The van der Waals surface area contributed by atoms with Crippen molar-refractivity contribution >= 4 is 17.2 Å². The molecule has 140 valence electrons. The molecule has 4 nitrogen and oxygen atoms in total. The number of halogens is 1. The Labute approximate surface area is 162 Å². The molecule has 27 heavy (non-hydrogen) atoms. The molecule has 0 unspecified atom stereocenters. The minimum atomic E-state index is -0.266. The average Bonchev–Trinajstić information content (AvgIpc) is 3.16. The molecule has 0 bridgehead atoms. The average molecular weight is 384 g/mol. The Bertz CT molecular complexity index is 907. The molecule has 0 aliphatic rings. The number of rotatable bonds is 7. The second-order valence-electron chi connectivity index (χ2n) is 6.58. The molecular weight excluding hydrogens is 363 g/mol. The van der Waals surface area contributed by atoms with E-state index in [1.165, 1.54) is 23.5 Å². The SMILES string of the molecule is CC(C)CNC(=O)c1csc(-c2cccc(OCc3ccc(F)cc3)c2)n1. The fourth-order valence-electron chi connectivity index (χ4n) is 2.36. The van der Waals surface area contributed by atoms with Gasteiger partial charge in [0.15, 0.2) is 0 Å². The Balaban J connectivity index is 1.66. The van der Waals surface area contributed by atoms with E-state index in [9.17, 15) is 9.18 Å². The molecule has 3 aromatic rings. The lowest BCUT2D eigenvalue weighted by atomic mass is 10.2. The van der Waals surface area contributed by atoms with E-state index in [4.69, 9.17) is 4.74 Å². The van der Waals surface area contributed by atoms with Crippen molar-refractivity contribution in [3.8, 4) is 16.3 Å². The molecule has 0 radical (unpaired) electrons. The summed E-state index contributed by atoms with van der Waals surface area (Å²) in [5.74, 6) is 0.660. The third kappa shape index (κ3) is 5.37. The van der Waals surface area contributed by atoms with Crippen molar-refractivity contribution in [2.45, 2.75) is 20.5 Å². The highest BCUT2D eigenvalue weighted by Crippen LogP contribution is 2.27. The van der Waals surface area contributed by atoms with Gasteiger partial charge in [-0.05, 0) is 35.7 Å². The van der Waals surface area contributed by atoms with E-state index < -0.39 is 0 Å². The van der Waals surface area contributed by atoms with E-state index in [0.717, 1.165) is 16.1 Å². The summed E-state index contributed by atoms with van der Waals surface area (Å²) in [6.07, 6.45) is 0. The van der Waals surface area contributed by atoms with Gasteiger partial charge in [-0.1, -0.05) is 38.1 Å². The molecule has 1 N–H and O–H groups in total. The summed E-state index contributed by atoms with van der Waals surface area (Å²) in [5, 5.41) is 5.39. The van der Waals surface area contributed by atoms with E-state index in [-0.39, 0.29) is 11.7 Å². The van der Waals surface area contributed by atoms with Gasteiger partial charge in [0.25, 0.3) is 5.91 Å². The van der Waals surface area contributed by atoms with Crippen LogP contribution in [-0.2, 0) is 6.61 Å². The summed E-state index contributed by atoms with van der Waals surface area (Å²) in [6, 6.07) is 13.8. The maximum Gasteiger partial charge on any atom is 0.270 e. The van der Waals surface area contributed by atoms with Crippen LogP contribution in [0.3, 0.4) is 0 Å². The second kappa shape index (κ2) is 8.77. The van der Waals surface area contributed by atoms with Crippen molar-refractivity contribution < 1.29 is 13.9 Å². The number of hydrogen-bond acceptors (Lipinski definition) is 4. The normalized spacial score (nSPS) is 10.8. The van der Waals surface area contributed by atoms with Crippen LogP contribution in [0.1, 0.15) is 29.9 Å². The molecule has 3 rings (SSSR count). The number of benzene rings is 2. The Hall–Kier alpha value is -2.73. The van der Waals surface area contributed by atoms with E-state index in [1.807, 2.05) is 38.1 Å². The van der Waals surface area contributed by atoms with Crippen molar-refractivity contribution in [1.82, 2.24) is 10.3 Å². The Morgan fingerprint density at radius 1 is 1.22 bits per heavy atom. The van der Waals surface area contributed by atoms with Crippen LogP contribution < -0.4 is 10.1 Å². The third-order valence-corrected chi connectivity index (χ3v) is 4.70. The number of ether oxygens (including phenoxy) is 1. The molecule has 0 saturated carbocycles. The largest absolute Gasteiger partial charge is 0.489 e. The summed E-state index contributed by atoms with van der Waals surface area (Å²) in [5.41, 5.74) is 2.20. The van der Waals surface area contributed by atoms with Crippen molar-refractivity contribution in [1.29, 1.82) is 0 Å². The summed E-state index contributed by atoms with van der Waals surface area (Å²) in [4.78, 5) is 16.6. The zero-order valence-corrected chi connectivity index (χ0v) is 16.1. The molecule has 1 amide bonds. The first-order valence-corrected chi connectivity index (χ1v) is 9.60. The van der Waals surface area contributed by atoms with Crippen molar-refractivity contribution in [2.75, 3.05) is 6.54 Å². The number of amides is 1. The number of nitrogens with one attached hydrogen (secondary N) is 1. The number of carbonyl (C=O) groups is 1. The molecule has 1 aromatic heterocycles. The van der Waals surface area contributed by atoms with Crippen LogP contribution in [-0.4, -0.2) is 17.4 Å². The van der Waals surface area contributed by atoms with Crippen LogP contribution in [0, 0.1) is 11.7 Å². The number of aromatic nitrogens is 1. The highest BCUT2D eigenvalue weighted by Gasteiger charge is 2.12. The Morgan fingerprint density at radius 2 is 2.00 bits per heavy atom. The van der Waals surface area contributed by atoms with Gasteiger partial charge >= 0.3 is 0 Å². The van der Waals surface area contributed by atoms with Gasteiger partial charge in [0, 0.05) is 17.5 Å². The predicted molar refractivity (Wildman–Crippen MR) is 105 cm³/mol. The molecule has 0 spiro atoms. The zero-order valence-electron chi connectivity index (χ0n) is 15.2. The van der Waals surface area contributed by atoms with Gasteiger partial charge in [0.1, 0.15) is 28.9 Å². The van der Waals surface area contributed by atoms with Crippen molar-refractivity contribution in [3.63, 3.8) is 0 Å². The van der Waals surface area contributed by atoms with E-state index in [2.05, 4.69) is 10.3 Å². The van der Waals surface area contributed by atoms with Gasteiger partial charge in [-0.3, -0.25) is 4.79 Å². The lowest BCUT2D eigenvalue weighted by Crippen LogP contribution is -2.27. The van der Waals surface area contributed by atoms with Gasteiger partial charge < -0.3 is 10.1 Å². The fourth-order valence-corrected chi connectivity index (χ4v) is 3.16. The van der Waals surface area contributed by atoms with Crippen molar-refractivity contribution in [2.24, 2.45) is 5.92 Å². The minimum absolute atomic E-state index is 0.157. The van der Waals surface area contributed by atoms with Crippen LogP contribution in [0.5, 0.6) is 5.75 Å². The zero-order chi connectivity index (χ0) is 19.2. The van der Waals surface area contributed by atoms with Gasteiger partial charge in [0.05, 0.1) is 0 Å². The van der Waals surface area contributed by atoms with E-state index >= 15 is 0 Å². The summed E-state index contributed by atoms with van der Waals surface area (Å²) >= 11 is 1.42. The molecule has 0 atom stereocenters. The Morgan fingerprint density at radius 3 is 2.74 bits per heavy atom. The molecular formula is C21H21FN2O2S. The summed E-state index contributed by atoms with van der Waals surface area (Å²) < 4.78 is 18.8. The number of nitrogens with zero attached hydrogens (tertiary/aromatic N) is 1. The maximum absolute atomic E-state index is 13.0. The second-order valence-corrected chi connectivity index (χ2v) is 7.44. The number of hydrogen-bond donors (Lipinski definition) is 1. The minimum Gasteiger partial charge on any atom is -0.489 e. The van der Waals surface area contributed by atoms with E-state index in [1.54, 1.807) is 17.5 Å². The fraction of sp³-hybridized carbons (Fsp3) is 0.238. The topological polar surface area (TPSA) is 51.2 Å². The first-order valence-electron chi connectivity index (χ1n) is 8.72. The first-order chi connectivity index (χ1) is 13.0. The molecule has 0 aliphatic heterocycles. The quantitative estimate of drug-likeness (QED) is 0.629.